The number of hydrogen-bond acceptors (Lipinski definition) is 5. The van der Waals surface area contributed by atoms with Gasteiger partial charge in [-0.15, -0.1) is 23.2 Å². The fourth-order valence-corrected chi connectivity index (χ4v) is 7.67. The maximum Gasteiger partial charge on any atom is 0.253 e. The molecule has 4 amide bonds. The second kappa shape index (κ2) is 7.31. The molecule has 0 radical (unpaired) electrons. The van der Waals surface area contributed by atoms with Crippen molar-refractivity contribution in [3.8, 4) is 5.75 Å². The number of likely N-dealkylation sites (tertiary alicyclic amines) is 2. The van der Waals surface area contributed by atoms with Crippen LogP contribution in [0.1, 0.15) is 42.4 Å². The van der Waals surface area contributed by atoms with E-state index in [9.17, 15) is 24.3 Å². The Hall–Kier alpha value is -2.38. The van der Waals surface area contributed by atoms with Crippen LogP contribution in [-0.2, 0) is 19.2 Å². The van der Waals surface area contributed by atoms with E-state index in [1.165, 1.54) is 11.9 Å². The molecule has 7 nitrogen and oxygen atoms in total. The zero-order valence-corrected chi connectivity index (χ0v) is 20.9. The number of carbonyl (C=O) groups excluding carboxylic acids is 4. The van der Waals surface area contributed by atoms with E-state index >= 15 is 0 Å². The first-order valence-electron chi connectivity index (χ1n) is 11.5. The van der Waals surface area contributed by atoms with Crippen LogP contribution in [-0.4, -0.2) is 61.9 Å². The van der Waals surface area contributed by atoms with Gasteiger partial charge in [-0.05, 0) is 56.2 Å². The molecule has 4 aliphatic rings. The lowest BCUT2D eigenvalue weighted by Gasteiger charge is -2.51. The predicted molar refractivity (Wildman–Crippen MR) is 125 cm³/mol. The van der Waals surface area contributed by atoms with Gasteiger partial charge in [-0.2, -0.15) is 0 Å². The second-order valence-corrected chi connectivity index (χ2v) is 11.2. The summed E-state index contributed by atoms with van der Waals surface area (Å²) in [5.41, 5.74) is 2.60. The van der Waals surface area contributed by atoms with Gasteiger partial charge in [0.1, 0.15) is 5.75 Å². The van der Waals surface area contributed by atoms with Crippen LogP contribution in [0.25, 0.3) is 0 Å². The van der Waals surface area contributed by atoms with E-state index in [0.717, 1.165) is 10.5 Å². The molecule has 2 aliphatic carbocycles. The molecule has 34 heavy (non-hydrogen) atoms. The average molecular weight is 505 g/mol. The molecule has 1 aromatic carbocycles. The summed E-state index contributed by atoms with van der Waals surface area (Å²) in [6.45, 7) is 5.53. The summed E-state index contributed by atoms with van der Waals surface area (Å²) < 4.78 is 0. The van der Waals surface area contributed by atoms with Gasteiger partial charge in [0.15, 0.2) is 9.75 Å². The fourth-order valence-electron chi connectivity index (χ4n) is 6.65. The summed E-state index contributed by atoms with van der Waals surface area (Å²) in [4.78, 5) is 51.8. The molecule has 1 N–H and O–H groups in total. The van der Waals surface area contributed by atoms with Crippen LogP contribution in [0.3, 0.4) is 0 Å². The summed E-state index contributed by atoms with van der Waals surface area (Å²) in [6, 6.07) is 3.50. The normalized spacial score (nSPS) is 37.1. The molecule has 3 fully saturated rings. The minimum Gasteiger partial charge on any atom is -0.507 e. The van der Waals surface area contributed by atoms with Crippen molar-refractivity contribution in [2.75, 3.05) is 13.6 Å². The first kappa shape index (κ1) is 23.4. The molecule has 0 spiro atoms. The lowest BCUT2D eigenvalue weighted by molar-refractivity contribution is -0.141. The van der Waals surface area contributed by atoms with E-state index in [1.807, 2.05) is 6.08 Å². The fraction of sp³-hybridized carbons (Fsp3) is 0.520. The van der Waals surface area contributed by atoms with Crippen molar-refractivity contribution in [3.63, 3.8) is 0 Å². The number of alkyl halides is 2. The number of benzene rings is 1. The first-order chi connectivity index (χ1) is 15.9. The number of fused-ring (bicyclic) bond motifs is 4. The molecule has 2 saturated heterocycles. The first-order valence-corrected chi connectivity index (χ1v) is 12.2. The van der Waals surface area contributed by atoms with Gasteiger partial charge >= 0.3 is 0 Å². The van der Waals surface area contributed by atoms with Gasteiger partial charge < -0.3 is 5.11 Å². The minimum atomic E-state index is -1.80. The van der Waals surface area contributed by atoms with Crippen LogP contribution in [0.2, 0.25) is 0 Å². The number of nitrogens with zero attached hydrogens (tertiary/aromatic N) is 2. The number of allylic oxidation sites excluding steroid dienone is 2. The second-order valence-electron chi connectivity index (χ2n) is 9.92. The third-order valence-corrected chi connectivity index (χ3v) is 9.68. The lowest BCUT2D eigenvalue weighted by Crippen LogP contribution is -2.60. The summed E-state index contributed by atoms with van der Waals surface area (Å²) >= 11 is 14.2. The van der Waals surface area contributed by atoms with Crippen molar-refractivity contribution in [2.24, 2.45) is 17.8 Å². The smallest absolute Gasteiger partial charge is 0.253 e. The summed E-state index contributed by atoms with van der Waals surface area (Å²) in [7, 11) is 1.37. The van der Waals surface area contributed by atoms with Gasteiger partial charge in [-0.25, -0.2) is 0 Å². The van der Waals surface area contributed by atoms with Crippen molar-refractivity contribution >= 4 is 46.8 Å². The van der Waals surface area contributed by atoms with Crippen LogP contribution in [0, 0.1) is 31.6 Å². The zero-order valence-electron chi connectivity index (χ0n) is 19.4. The van der Waals surface area contributed by atoms with E-state index < -0.39 is 45.2 Å². The van der Waals surface area contributed by atoms with Gasteiger partial charge in [-0.3, -0.25) is 29.0 Å². The highest BCUT2D eigenvalue weighted by Gasteiger charge is 2.75. The Morgan fingerprint density at radius 3 is 2.24 bits per heavy atom. The van der Waals surface area contributed by atoms with Crippen LogP contribution in [0.15, 0.2) is 23.8 Å². The maximum atomic E-state index is 13.5. The highest BCUT2D eigenvalue weighted by molar-refractivity contribution is 6.53. The molecule has 0 unspecified atom stereocenters. The number of hydrogen-bond donors (Lipinski definition) is 1. The van der Waals surface area contributed by atoms with Crippen molar-refractivity contribution in [1.82, 2.24) is 9.80 Å². The summed E-state index contributed by atoms with van der Waals surface area (Å²) in [5, 5.41) is 10.4. The molecule has 0 aromatic heterocycles. The number of phenolic OH excluding ortho intramolecular Hbond substituents is 1. The standard InChI is InChI=1S/C25H26Cl2N2O5/c1-5-29-20(31)15-7-6-14-16(17(15)21(29)32)10-24(26)22(33)28(4)23(34)25(24,27)18(14)13-8-11(2)19(30)12(3)9-13/h6,8-9,15-18,30H,5,7,10H2,1-4H3/t15-,16+,17-,18-,24+,25-/m0/s1. The number of amides is 4. The van der Waals surface area contributed by atoms with E-state index in [1.54, 1.807) is 32.9 Å². The number of phenols is 1. The van der Waals surface area contributed by atoms with Gasteiger partial charge in [0.2, 0.25) is 11.8 Å². The van der Waals surface area contributed by atoms with Crippen molar-refractivity contribution in [2.45, 2.75) is 49.3 Å². The molecule has 1 aromatic rings. The Labute approximate surface area is 207 Å². The van der Waals surface area contributed by atoms with Crippen LogP contribution in [0.4, 0.5) is 0 Å². The van der Waals surface area contributed by atoms with Crippen molar-refractivity contribution < 1.29 is 24.3 Å². The lowest BCUT2D eigenvalue weighted by atomic mass is 9.56. The summed E-state index contributed by atoms with van der Waals surface area (Å²) in [5.74, 6) is -4.02. The molecule has 0 bridgehead atoms. The monoisotopic (exact) mass is 504 g/mol. The van der Waals surface area contributed by atoms with E-state index in [0.29, 0.717) is 23.1 Å². The SMILES string of the molecule is CCN1C(=O)[C@H]2[C@H](CC=C3[C@H]2C[C@@]2(Cl)C(=O)N(C)C(=O)[C@@]2(Cl)[C@H]3c2cc(C)c(O)c(C)c2)C1=O. The van der Waals surface area contributed by atoms with E-state index in [4.69, 9.17) is 23.2 Å². The molecule has 5 rings (SSSR count). The van der Waals surface area contributed by atoms with Gasteiger partial charge in [-0.1, -0.05) is 23.8 Å². The molecule has 180 valence electrons. The molecule has 9 heteroatoms. The number of aromatic hydroxyl groups is 1. The predicted octanol–water partition coefficient (Wildman–Crippen LogP) is 3.02. The Morgan fingerprint density at radius 1 is 1.03 bits per heavy atom. The van der Waals surface area contributed by atoms with Crippen molar-refractivity contribution in [1.29, 1.82) is 0 Å². The molecular formula is C25H26Cl2N2O5. The maximum absolute atomic E-state index is 13.5. The molecule has 1 saturated carbocycles. The van der Waals surface area contributed by atoms with Gasteiger partial charge in [0, 0.05) is 19.5 Å². The highest BCUT2D eigenvalue weighted by atomic mass is 35.5. The highest BCUT2D eigenvalue weighted by Crippen LogP contribution is 2.65. The third-order valence-electron chi connectivity index (χ3n) is 8.27. The van der Waals surface area contributed by atoms with Crippen LogP contribution >= 0.6 is 23.2 Å². The Bertz CT molecular complexity index is 1190. The number of carbonyl (C=O) groups is 4. The Kier molecular flexibility index (Phi) is 5.02. The van der Waals surface area contributed by atoms with Gasteiger partial charge in [0.25, 0.3) is 11.8 Å². The number of imide groups is 2. The number of aryl methyl sites for hydroxylation is 2. The Balaban J connectivity index is 1.76. The van der Waals surface area contributed by atoms with Crippen LogP contribution in [0.5, 0.6) is 5.75 Å². The quantitative estimate of drug-likeness (QED) is 0.379. The molecule has 2 heterocycles. The third kappa shape index (κ3) is 2.60. The van der Waals surface area contributed by atoms with Crippen LogP contribution < -0.4 is 0 Å². The van der Waals surface area contributed by atoms with E-state index in [-0.39, 0.29) is 30.5 Å². The average Bonchev–Trinajstić information content (AvgIpc) is 3.11. The Morgan fingerprint density at radius 2 is 1.65 bits per heavy atom. The molecule has 6 atom stereocenters. The molecular weight excluding hydrogens is 479 g/mol. The minimum absolute atomic E-state index is 0.0108. The number of rotatable bonds is 2. The largest absolute Gasteiger partial charge is 0.507 e. The number of halogens is 2. The van der Waals surface area contributed by atoms with Crippen molar-refractivity contribution in [3.05, 3.63) is 40.5 Å². The zero-order chi connectivity index (χ0) is 24.9. The van der Waals surface area contributed by atoms with E-state index in [2.05, 4.69) is 0 Å². The topological polar surface area (TPSA) is 95.0 Å². The summed E-state index contributed by atoms with van der Waals surface area (Å²) in [6.07, 6.45) is 2.25. The molecule has 2 aliphatic heterocycles. The van der Waals surface area contributed by atoms with Gasteiger partial charge in [0.05, 0.1) is 11.8 Å².